The predicted octanol–water partition coefficient (Wildman–Crippen LogP) is 7.83. The van der Waals surface area contributed by atoms with E-state index in [9.17, 15) is 0 Å². The lowest BCUT2D eigenvalue weighted by molar-refractivity contribution is 0.383. The zero-order valence-electron chi connectivity index (χ0n) is 16.3. The molecule has 4 saturated heterocycles. The molecule has 2 heteroatoms. The Balaban J connectivity index is 1.51. The van der Waals surface area contributed by atoms with Gasteiger partial charge in [0.05, 0.1) is 0 Å². The number of rotatable bonds is 2. The molecule has 4 bridgehead atoms. The topological polar surface area (TPSA) is 0 Å². The molecule has 4 aliphatic rings. The van der Waals surface area contributed by atoms with Crippen LogP contribution in [0.2, 0.25) is 0 Å². The largest absolute Gasteiger partial charge is 0.111 e. The van der Waals surface area contributed by atoms with Gasteiger partial charge in [-0.15, -0.1) is 17.2 Å². The molecule has 142 valence electrons. The summed E-state index contributed by atoms with van der Waals surface area (Å²) in [5.41, 5.74) is 7.58. The summed E-state index contributed by atoms with van der Waals surface area (Å²) in [4.78, 5) is 0. The van der Waals surface area contributed by atoms with E-state index in [4.69, 9.17) is 0 Å². The second-order valence-electron chi connectivity index (χ2n) is 9.56. The van der Waals surface area contributed by atoms with Crippen molar-refractivity contribution in [2.75, 3.05) is 0 Å². The Morgan fingerprint density at radius 1 is 0.538 bits per heavy atom. The summed E-state index contributed by atoms with van der Waals surface area (Å²) in [6.45, 7) is 0. The molecule has 0 aromatic heterocycles. The lowest BCUT2D eigenvalue weighted by Gasteiger charge is -2.32. The summed E-state index contributed by atoms with van der Waals surface area (Å²) in [6.07, 6.45) is 18.2. The van der Waals surface area contributed by atoms with E-state index in [0.717, 1.165) is 34.5 Å². The van der Waals surface area contributed by atoms with Gasteiger partial charge in [0.15, 0.2) is 0 Å². The highest BCUT2D eigenvalue weighted by Crippen LogP contribution is 2.60. The summed E-state index contributed by atoms with van der Waals surface area (Å²) in [6, 6.07) is 9.88. The van der Waals surface area contributed by atoms with Crippen LogP contribution in [-0.4, -0.2) is 11.3 Å². The molecular weight excluding hydrogens is 350 g/mol. The lowest BCUT2D eigenvalue weighted by atomic mass is 9.82. The minimum absolute atomic E-state index is 0.911. The van der Waals surface area contributed by atoms with E-state index in [1.54, 1.807) is 0 Å². The highest BCUT2D eigenvalue weighted by Gasteiger charge is 2.37. The smallest absolute Gasteiger partial charge is 0.00478 e. The van der Waals surface area contributed by atoms with Crippen molar-refractivity contribution >= 4 is 17.2 Å². The Morgan fingerprint density at radius 3 is 1.31 bits per heavy atom. The van der Waals surface area contributed by atoms with Gasteiger partial charge < -0.3 is 0 Å². The SMILES string of the molecule is c1ccc(C2PC3CCCC2CCC3)c(C2PC3CCCC2CCC3)c1. The molecule has 0 amide bonds. The molecule has 0 aliphatic carbocycles. The van der Waals surface area contributed by atoms with Crippen molar-refractivity contribution < 1.29 is 0 Å². The molecule has 0 N–H and O–H groups in total. The van der Waals surface area contributed by atoms with Crippen LogP contribution in [0.5, 0.6) is 0 Å². The molecular formula is C24H36P2. The highest BCUT2D eigenvalue weighted by molar-refractivity contribution is 7.40. The van der Waals surface area contributed by atoms with E-state index < -0.39 is 0 Å². The van der Waals surface area contributed by atoms with E-state index in [2.05, 4.69) is 24.3 Å². The fourth-order valence-electron chi connectivity index (χ4n) is 6.63. The molecule has 0 saturated carbocycles. The molecule has 5 rings (SSSR count). The molecule has 4 unspecified atom stereocenters. The number of hydrogen-bond donors (Lipinski definition) is 0. The van der Waals surface area contributed by atoms with Gasteiger partial charge in [0.25, 0.3) is 0 Å². The van der Waals surface area contributed by atoms with Crippen molar-refractivity contribution in [2.45, 2.75) is 99.7 Å². The zero-order chi connectivity index (χ0) is 17.3. The third-order valence-corrected chi connectivity index (χ3v) is 12.3. The van der Waals surface area contributed by atoms with Crippen LogP contribution >= 0.6 is 17.2 Å². The Kier molecular flexibility index (Phi) is 5.73. The molecule has 26 heavy (non-hydrogen) atoms. The van der Waals surface area contributed by atoms with Crippen LogP contribution in [-0.2, 0) is 0 Å². The zero-order valence-corrected chi connectivity index (χ0v) is 18.3. The molecule has 0 nitrogen and oxygen atoms in total. The van der Waals surface area contributed by atoms with E-state index in [0.29, 0.717) is 0 Å². The lowest BCUT2D eigenvalue weighted by Crippen LogP contribution is -2.14. The van der Waals surface area contributed by atoms with Crippen LogP contribution in [0, 0.1) is 11.8 Å². The van der Waals surface area contributed by atoms with Gasteiger partial charge in [0.2, 0.25) is 0 Å². The van der Waals surface area contributed by atoms with Crippen LogP contribution in [0.25, 0.3) is 0 Å². The van der Waals surface area contributed by atoms with E-state index in [1.807, 2.05) is 11.1 Å². The van der Waals surface area contributed by atoms with Crippen molar-refractivity contribution in [1.29, 1.82) is 0 Å². The maximum Gasteiger partial charge on any atom is 0.00478 e. The predicted molar refractivity (Wildman–Crippen MR) is 119 cm³/mol. The van der Waals surface area contributed by atoms with Gasteiger partial charge in [-0.3, -0.25) is 0 Å². The minimum atomic E-state index is 0.911. The van der Waals surface area contributed by atoms with Crippen molar-refractivity contribution in [2.24, 2.45) is 11.8 Å². The van der Waals surface area contributed by atoms with Crippen LogP contribution in [0.4, 0.5) is 0 Å². The van der Waals surface area contributed by atoms with Gasteiger partial charge in [0, 0.05) is 11.3 Å². The summed E-state index contributed by atoms with van der Waals surface area (Å²) in [7, 11) is 2.42. The van der Waals surface area contributed by atoms with Crippen LogP contribution in [0.3, 0.4) is 0 Å². The maximum absolute atomic E-state index is 2.58. The third kappa shape index (κ3) is 3.67. The monoisotopic (exact) mass is 386 g/mol. The van der Waals surface area contributed by atoms with Gasteiger partial charge in [-0.1, -0.05) is 49.9 Å². The fraction of sp³-hybridized carbons (Fsp3) is 0.750. The molecule has 4 heterocycles. The first-order valence-electron chi connectivity index (χ1n) is 11.5. The van der Waals surface area contributed by atoms with Crippen molar-refractivity contribution in [3.63, 3.8) is 0 Å². The molecule has 0 spiro atoms. The summed E-state index contributed by atoms with van der Waals surface area (Å²) in [5.74, 6) is 1.99. The fourth-order valence-corrected chi connectivity index (χ4v) is 11.2. The Morgan fingerprint density at radius 2 is 0.923 bits per heavy atom. The Hall–Kier alpha value is 0.0800. The van der Waals surface area contributed by atoms with Crippen LogP contribution in [0.15, 0.2) is 24.3 Å². The average Bonchev–Trinajstić information content (AvgIpc) is 3.11. The van der Waals surface area contributed by atoms with Gasteiger partial charge >= 0.3 is 0 Å². The summed E-state index contributed by atoms with van der Waals surface area (Å²) >= 11 is 0. The van der Waals surface area contributed by atoms with E-state index >= 15 is 0 Å². The molecule has 0 radical (unpaired) electrons. The average molecular weight is 387 g/mol. The summed E-state index contributed by atoms with van der Waals surface area (Å²) in [5, 5.41) is 0. The molecule has 1 aromatic carbocycles. The van der Waals surface area contributed by atoms with E-state index in [1.165, 1.54) is 94.2 Å². The second kappa shape index (κ2) is 8.21. The summed E-state index contributed by atoms with van der Waals surface area (Å²) < 4.78 is 0. The number of hydrogen-bond acceptors (Lipinski definition) is 0. The third-order valence-electron chi connectivity index (χ3n) is 7.95. The first-order valence-corrected chi connectivity index (χ1v) is 13.8. The Labute approximate surface area is 164 Å². The van der Waals surface area contributed by atoms with E-state index in [-0.39, 0.29) is 0 Å². The molecule has 4 atom stereocenters. The first kappa shape index (κ1) is 18.1. The minimum Gasteiger partial charge on any atom is -0.111 e. The highest BCUT2D eigenvalue weighted by atomic mass is 31.1. The van der Waals surface area contributed by atoms with Gasteiger partial charge in [-0.2, -0.15) is 0 Å². The second-order valence-corrected chi connectivity index (χ2v) is 13.1. The number of fused-ring (bicyclic) bond motifs is 6. The Bertz CT molecular complexity index is 539. The van der Waals surface area contributed by atoms with Crippen LogP contribution < -0.4 is 0 Å². The standard InChI is InChI=1S/C24H36P2/c1-2-16-22(24-18-9-5-13-20(26-24)14-6-10-18)21(15-1)23-17-7-3-11-19(25-23)12-4-8-17/h1-2,15-20,23-26H,3-14H2. The van der Waals surface area contributed by atoms with Crippen LogP contribution in [0.1, 0.15) is 99.5 Å². The molecule has 4 fully saturated rings. The quantitative estimate of drug-likeness (QED) is 0.454. The van der Waals surface area contributed by atoms with Crippen molar-refractivity contribution in [3.05, 3.63) is 35.4 Å². The maximum atomic E-state index is 2.58. The van der Waals surface area contributed by atoms with Gasteiger partial charge in [0.1, 0.15) is 0 Å². The van der Waals surface area contributed by atoms with Gasteiger partial charge in [-0.25, -0.2) is 0 Å². The van der Waals surface area contributed by atoms with Crippen molar-refractivity contribution in [1.82, 2.24) is 0 Å². The normalized spacial score (nSPS) is 42.3. The first-order chi connectivity index (χ1) is 12.9. The number of benzene rings is 1. The van der Waals surface area contributed by atoms with Gasteiger partial charge in [-0.05, 0) is 85.6 Å². The molecule has 1 aromatic rings. The van der Waals surface area contributed by atoms with Crippen molar-refractivity contribution in [3.8, 4) is 0 Å². The molecule has 4 aliphatic heterocycles.